The van der Waals surface area contributed by atoms with Crippen LogP contribution in [0, 0.1) is 13.8 Å². The van der Waals surface area contributed by atoms with E-state index in [1.807, 2.05) is 30.3 Å². The molecule has 0 aliphatic rings. The van der Waals surface area contributed by atoms with E-state index in [4.69, 9.17) is 4.74 Å². The van der Waals surface area contributed by atoms with Crippen LogP contribution in [0.5, 0.6) is 5.75 Å². The summed E-state index contributed by atoms with van der Waals surface area (Å²) in [6.45, 7) is 7.98. The van der Waals surface area contributed by atoms with Crippen LogP contribution in [0.25, 0.3) is 0 Å². The average molecular weight is 345 g/mol. The van der Waals surface area contributed by atoms with Gasteiger partial charge in [0.05, 0.1) is 0 Å². The van der Waals surface area contributed by atoms with Gasteiger partial charge in [0.25, 0.3) is 0 Å². The van der Waals surface area contributed by atoms with Gasteiger partial charge in [-0.1, -0.05) is 66.2 Å². The van der Waals surface area contributed by atoms with E-state index in [9.17, 15) is 0 Å². The van der Waals surface area contributed by atoms with E-state index in [-0.39, 0.29) is 0 Å². The fraction of sp³-hybridized carbons (Fsp3) is 0.250. The topological polar surface area (TPSA) is 21.3 Å². The maximum atomic E-state index is 5.85. The Kier molecular flexibility index (Phi) is 6.08. The largest absolute Gasteiger partial charge is 0.489 e. The summed E-state index contributed by atoms with van der Waals surface area (Å²) < 4.78 is 5.85. The van der Waals surface area contributed by atoms with E-state index in [1.54, 1.807) is 0 Å². The molecule has 26 heavy (non-hydrogen) atoms. The van der Waals surface area contributed by atoms with Crippen LogP contribution in [0.3, 0.4) is 0 Å². The Hall–Kier alpha value is -2.58. The minimum Gasteiger partial charge on any atom is -0.489 e. The summed E-state index contributed by atoms with van der Waals surface area (Å²) in [6, 6.07) is 25.5. The van der Waals surface area contributed by atoms with E-state index in [0.29, 0.717) is 12.6 Å². The molecule has 1 unspecified atom stereocenters. The van der Waals surface area contributed by atoms with Gasteiger partial charge in [0, 0.05) is 12.6 Å². The summed E-state index contributed by atoms with van der Waals surface area (Å²) >= 11 is 0. The standard InChI is InChI=1S/C24H27NO/c1-18-9-10-19(2)24(15-18)20(3)25-16-21-11-13-23(14-12-21)26-17-22-7-5-4-6-8-22/h4-15,20,25H,16-17H2,1-3H3. The SMILES string of the molecule is Cc1ccc(C)c(C(C)NCc2ccc(OCc3ccccc3)cc2)c1. The summed E-state index contributed by atoms with van der Waals surface area (Å²) in [5.74, 6) is 0.903. The highest BCUT2D eigenvalue weighted by atomic mass is 16.5. The Morgan fingerprint density at radius 3 is 2.31 bits per heavy atom. The van der Waals surface area contributed by atoms with Crippen molar-refractivity contribution in [3.63, 3.8) is 0 Å². The van der Waals surface area contributed by atoms with Crippen molar-refractivity contribution in [2.75, 3.05) is 0 Å². The van der Waals surface area contributed by atoms with Gasteiger partial charge in [-0.15, -0.1) is 0 Å². The normalized spacial score (nSPS) is 12.0. The molecular formula is C24H27NO. The van der Waals surface area contributed by atoms with Crippen LogP contribution in [-0.2, 0) is 13.2 Å². The van der Waals surface area contributed by atoms with Crippen LogP contribution >= 0.6 is 0 Å². The zero-order chi connectivity index (χ0) is 18.4. The van der Waals surface area contributed by atoms with Crippen molar-refractivity contribution in [3.8, 4) is 5.75 Å². The second kappa shape index (κ2) is 8.68. The van der Waals surface area contributed by atoms with Gasteiger partial charge in [-0.2, -0.15) is 0 Å². The predicted octanol–water partition coefficient (Wildman–Crippen LogP) is 5.73. The molecule has 0 bridgehead atoms. The van der Waals surface area contributed by atoms with Crippen LogP contribution < -0.4 is 10.1 Å². The second-order valence-corrected chi connectivity index (χ2v) is 6.88. The molecule has 3 rings (SSSR count). The molecule has 0 saturated heterocycles. The summed E-state index contributed by atoms with van der Waals surface area (Å²) in [6.07, 6.45) is 0. The number of aryl methyl sites for hydroxylation is 2. The summed E-state index contributed by atoms with van der Waals surface area (Å²) in [4.78, 5) is 0. The van der Waals surface area contributed by atoms with Gasteiger partial charge in [-0.3, -0.25) is 0 Å². The lowest BCUT2D eigenvalue weighted by Gasteiger charge is -2.17. The first-order chi connectivity index (χ1) is 12.6. The fourth-order valence-electron chi connectivity index (χ4n) is 3.05. The molecule has 1 atom stereocenters. The van der Waals surface area contributed by atoms with Crippen LogP contribution in [0.15, 0.2) is 72.8 Å². The van der Waals surface area contributed by atoms with Crippen LogP contribution in [0.2, 0.25) is 0 Å². The minimum absolute atomic E-state index is 0.323. The molecule has 0 amide bonds. The first-order valence-electron chi connectivity index (χ1n) is 9.18. The Morgan fingerprint density at radius 2 is 1.58 bits per heavy atom. The molecule has 134 valence electrons. The number of ether oxygens (including phenoxy) is 1. The number of rotatable bonds is 7. The number of nitrogens with one attached hydrogen (secondary N) is 1. The molecule has 0 radical (unpaired) electrons. The molecule has 0 fully saturated rings. The lowest BCUT2D eigenvalue weighted by atomic mass is 10.00. The molecule has 0 saturated carbocycles. The van der Waals surface area contributed by atoms with E-state index >= 15 is 0 Å². The Morgan fingerprint density at radius 1 is 0.846 bits per heavy atom. The number of hydrogen-bond donors (Lipinski definition) is 1. The molecule has 2 nitrogen and oxygen atoms in total. The first-order valence-corrected chi connectivity index (χ1v) is 9.18. The van der Waals surface area contributed by atoms with Gasteiger partial charge in [0.1, 0.15) is 12.4 Å². The minimum atomic E-state index is 0.323. The summed E-state index contributed by atoms with van der Waals surface area (Å²) in [5.41, 5.74) is 6.45. The van der Waals surface area contributed by atoms with Crippen molar-refractivity contribution in [2.24, 2.45) is 0 Å². The van der Waals surface area contributed by atoms with Gasteiger partial charge in [-0.25, -0.2) is 0 Å². The van der Waals surface area contributed by atoms with Crippen molar-refractivity contribution >= 4 is 0 Å². The van der Waals surface area contributed by atoms with Crippen molar-refractivity contribution in [2.45, 2.75) is 40.0 Å². The third-order valence-electron chi connectivity index (χ3n) is 4.69. The van der Waals surface area contributed by atoms with Crippen LogP contribution in [0.1, 0.15) is 40.8 Å². The van der Waals surface area contributed by atoms with E-state index in [0.717, 1.165) is 12.3 Å². The van der Waals surface area contributed by atoms with Gasteiger partial charge in [0.15, 0.2) is 0 Å². The van der Waals surface area contributed by atoms with Crippen LogP contribution in [-0.4, -0.2) is 0 Å². The van der Waals surface area contributed by atoms with Gasteiger partial charge in [-0.05, 0) is 55.2 Å². The van der Waals surface area contributed by atoms with Crippen molar-refractivity contribution < 1.29 is 4.74 Å². The second-order valence-electron chi connectivity index (χ2n) is 6.88. The molecule has 0 aliphatic carbocycles. The highest BCUT2D eigenvalue weighted by molar-refractivity contribution is 5.33. The lowest BCUT2D eigenvalue weighted by Crippen LogP contribution is -2.19. The van der Waals surface area contributed by atoms with E-state index < -0.39 is 0 Å². The monoisotopic (exact) mass is 345 g/mol. The number of hydrogen-bond acceptors (Lipinski definition) is 2. The van der Waals surface area contributed by atoms with E-state index in [2.05, 4.69) is 68.6 Å². The van der Waals surface area contributed by atoms with Crippen LogP contribution in [0.4, 0.5) is 0 Å². The van der Waals surface area contributed by atoms with Gasteiger partial charge < -0.3 is 10.1 Å². The molecule has 0 aliphatic heterocycles. The highest BCUT2D eigenvalue weighted by Gasteiger charge is 2.08. The number of benzene rings is 3. The third kappa shape index (κ3) is 4.96. The molecule has 3 aromatic carbocycles. The fourth-order valence-corrected chi connectivity index (χ4v) is 3.05. The van der Waals surface area contributed by atoms with Crippen molar-refractivity contribution in [3.05, 3.63) is 101 Å². The summed E-state index contributed by atoms with van der Waals surface area (Å²) in [7, 11) is 0. The highest BCUT2D eigenvalue weighted by Crippen LogP contribution is 2.20. The quantitative estimate of drug-likeness (QED) is 0.590. The molecule has 1 N–H and O–H groups in total. The molecule has 0 spiro atoms. The van der Waals surface area contributed by atoms with Gasteiger partial charge >= 0.3 is 0 Å². The zero-order valence-corrected chi connectivity index (χ0v) is 15.8. The Labute approximate surface area is 156 Å². The van der Waals surface area contributed by atoms with E-state index in [1.165, 1.54) is 27.8 Å². The average Bonchev–Trinajstić information content (AvgIpc) is 2.68. The predicted molar refractivity (Wildman–Crippen MR) is 108 cm³/mol. The Balaban J connectivity index is 1.53. The smallest absolute Gasteiger partial charge is 0.119 e. The zero-order valence-electron chi connectivity index (χ0n) is 15.8. The lowest BCUT2D eigenvalue weighted by molar-refractivity contribution is 0.306. The maximum Gasteiger partial charge on any atom is 0.119 e. The molecule has 3 aromatic rings. The maximum absolute atomic E-state index is 5.85. The summed E-state index contributed by atoms with van der Waals surface area (Å²) in [5, 5.41) is 3.62. The molecule has 2 heteroatoms. The molecule has 0 heterocycles. The molecular weight excluding hydrogens is 318 g/mol. The van der Waals surface area contributed by atoms with Crippen molar-refractivity contribution in [1.29, 1.82) is 0 Å². The third-order valence-corrected chi connectivity index (χ3v) is 4.69. The molecule has 0 aromatic heterocycles. The van der Waals surface area contributed by atoms with Gasteiger partial charge in [0.2, 0.25) is 0 Å². The first kappa shape index (κ1) is 18.2. The Bertz CT molecular complexity index is 825. The van der Waals surface area contributed by atoms with Crippen molar-refractivity contribution in [1.82, 2.24) is 5.32 Å².